The van der Waals surface area contributed by atoms with Crippen molar-refractivity contribution in [1.82, 2.24) is 20.1 Å². The standard InChI is InChI=1S/C27H39N5O2S/c1-20-13-15-31(16-14-20)26-29-30-27(32(26)18-23-12-7-17-34-23)35-19-24(33)28-25(22-10-5-6-11-22)21-8-3-2-4-9-21/h2-4,8-9,20,22-23,25H,5-7,10-19H2,1H3,(H,28,33). The number of carbonyl (C=O) groups is 1. The van der Waals surface area contributed by atoms with Crippen LogP contribution in [-0.2, 0) is 16.1 Å². The van der Waals surface area contributed by atoms with E-state index in [1.54, 1.807) is 0 Å². The van der Waals surface area contributed by atoms with Gasteiger partial charge in [0, 0.05) is 19.7 Å². The summed E-state index contributed by atoms with van der Waals surface area (Å²) in [4.78, 5) is 15.5. The van der Waals surface area contributed by atoms with Gasteiger partial charge in [-0.15, -0.1) is 10.2 Å². The summed E-state index contributed by atoms with van der Waals surface area (Å²) in [5, 5.41) is 13.3. The van der Waals surface area contributed by atoms with Crippen LogP contribution in [0.15, 0.2) is 35.5 Å². The minimum absolute atomic E-state index is 0.0655. The maximum absolute atomic E-state index is 13.1. The van der Waals surface area contributed by atoms with Gasteiger partial charge < -0.3 is 15.0 Å². The molecule has 1 N–H and O–H groups in total. The van der Waals surface area contributed by atoms with Crippen LogP contribution in [0.25, 0.3) is 0 Å². The molecule has 2 saturated heterocycles. The van der Waals surface area contributed by atoms with Crippen molar-refractivity contribution in [3.63, 3.8) is 0 Å². The fourth-order valence-electron chi connectivity index (χ4n) is 5.75. The van der Waals surface area contributed by atoms with Crippen LogP contribution in [0.5, 0.6) is 0 Å². The van der Waals surface area contributed by atoms with Crippen molar-refractivity contribution < 1.29 is 9.53 Å². The van der Waals surface area contributed by atoms with Crippen molar-refractivity contribution in [2.24, 2.45) is 11.8 Å². The molecule has 5 rings (SSSR count). The van der Waals surface area contributed by atoms with Gasteiger partial charge in [0.15, 0.2) is 5.16 Å². The van der Waals surface area contributed by atoms with Gasteiger partial charge in [-0.25, -0.2) is 0 Å². The van der Waals surface area contributed by atoms with E-state index in [0.29, 0.717) is 11.7 Å². The van der Waals surface area contributed by atoms with Gasteiger partial charge >= 0.3 is 0 Å². The third-order valence-electron chi connectivity index (χ3n) is 7.85. The summed E-state index contributed by atoms with van der Waals surface area (Å²) in [5.41, 5.74) is 1.21. The number of rotatable bonds is 9. The highest BCUT2D eigenvalue weighted by molar-refractivity contribution is 7.99. The zero-order valence-electron chi connectivity index (χ0n) is 20.9. The van der Waals surface area contributed by atoms with Crippen LogP contribution >= 0.6 is 11.8 Å². The number of benzene rings is 1. The van der Waals surface area contributed by atoms with Crippen molar-refractivity contribution in [3.8, 4) is 0 Å². The average Bonchev–Trinajstić information content (AvgIpc) is 3.66. The highest BCUT2D eigenvalue weighted by atomic mass is 32.2. The first-order valence-corrected chi connectivity index (χ1v) is 14.4. The van der Waals surface area contributed by atoms with Crippen molar-refractivity contribution in [2.75, 3.05) is 30.3 Å². The fourth-order valence-corrected chi connectivity index (χ4v) is 6.51. The van der Waals surface area contributed by atoms with Crippen LogP contribution in [0, 0.1) is 11.8 Å². The Morgan fingerprint density at radius 2 is 1.86 bits per heavy atom. The summed E-state index contributed by atoms with van der Waals surface area (Å²) in [5.74, 6) is 2.62. The van der Waals surface area contributed by atoms with E-state index in [4.69, 9.17) is 4.74 Å². The van der Waals surface area contributed by atoms with Crippen LogP contribution in [0.3, 0.4) is 0 Å². The molecule has 1 saturated carbocycles. The van der Waals surface area contributed by atoms with E-state index >= 15 is 0 Å². The van der Waals surface area contributed by atoms with Crippen LogP contribution in [0.1, 0.15) is 69.9 Å². The number of ether oxygens (including phenoxy) is 1. The lowest BCUT2D eigenvalue weighted by molar-refractivity contribution is -0.119. The number of carbonyl (C=O) groups excluding carboxylic acids is 1. The molecule has 0 radical (unpaired) electrons. The molecule has 1 aromatic carbocycles. The van der Waals surface area contributed by atoms with Gasteiger partial charge in [0.25, 0.3) is 0 Å². The fraction of sp³-hybridized carbons (Fsp3) is 0.667. The molecule has 8 heteroatoms. The number of piperidine rings is 1. The first-order chi connectivity index (χ1) is 17.2. The number of aromatic nitrogens is 3. The molecule has 0 bridgehead atoms. The Hall–Kier alpha value is -2.06. The molecule has 3 fully saturated rings. The Labute approximate surface area is 213 Å². The van der Waals surface area contributed by atoms with Crippen molar-refractivity contribution >= 4 is 23.6 Å². The van der Waals surface area contributed by atoms with Gasteiger partial charge in [-0.2, -0.15) is 0 Å². The number of hydrogen-bond acceptors (Lipinski definition) is 6. The molecule has 7 nitrogen and oxygen atoms in total. The second kappa shape index (κ2) is 11.8. The SMILES string of the molecule is CC1CCN(c2nnc(SCC(=O)NC(c3ccccc3)C3CCCC3)n2CC2CCCO2)CC1. The van der Waals surface area contributed by atoms with Gasteiger partial charge in [-0.05, 0) is 55.9 Å². The molecule has 2 atom stereocenters. The summed E-state index contributed by atoms with van der Waals surface area (Å²) in [7, 11) is 0. The minimum Gasteiger partial charge on any atom is -0.376 e. The minimum atomic E-state index is 0.0655. The third-order valence-corrected chi connectivity index (χ3v) is 8.82. The first-order valence-electron chi connectivity index (χ1n) is 13.4. The van der Waals surface area contributed by atoms with Crippen LogP contribution < -0.4 is 10.2 Å². The first kappa shape index (κ1) is 24.6. The number of amides is 1. The Balaban J connectivity index is 1.26. The van der Waals surface area contributed by atoms with E-state index < -0.39 is 0 Å². The Kier molecular flexibility index (Phi) is 8.29. The molecule has 2 unspecified atom stereocenters. The lowest BCUT2D eigenvalue weighted by atomic mass is 9.91. The van der Waals surface area contributed by atoms with Crippen LogP contribution in [0.2, 0.25) is 0 Å². The molecular weight excluding hydrogens is 458 g/mol. The maximum atomic E-state index is 13.1. The Morgan fingerprint density at radius 3 is 2.57 bits per heavy atom. The Bertz CT molecular complexity index is 948. The summed E-state index contributed by atoms with van der Waals surface area (Å²) in [6.07, 6.45) is 9.61. The van der Waals surface area contributed by atoms with Gasteiger partial charge in [0.2, 0.25) is 11.9 Å². The quantitative estimate of drug-likeness (QED) is 0.500. The Morgan fingerprint density at radius 1 is 1.09 bits per heavy atom. The predicted octanol–water partition coefficient (Wildman–Crippen LogP) is 4.83. The van der Waals surface area contributed by atoms with E-state index in [9.17, 15) is 4.79 Å². The van der Waals surface area contributed by atoms with Gasteiger partial charge in [-0.3, -0.25) is 9.36 Å². The molecule has 1 aromatic heterocycles. The average molecular weight is 498 g/mol. The van der Waals surface area contributed by atoms with Gasteiger partial charge in [-0.1, -0.05) is 61.9 Å². The number of nitrogens with zero attached hydrogens (tertiary/aromatic N) is 4. The molecule has 190 valence electrons. The normalized spacial score (nSPS) is 22.5. The lowest BCUT2D eigenvalue weighted by Gasteiger charge is -2.31. The largest absolute Gasteiger partial charge is 0.376 e. The summed E-state index contributed by atoms with van der Waals surface area (Å²) in [6, 6.07) is 10.5. The van der Waals surface area contributed by atoms with Crippen molar-refractivity contribution in [3.05, 3.63) is 35.9 Å². The zero-order chi connectivity index (χ0) is 24.0. The predicted molar refractivity (Wildman–Crippen MR) is 140 cm³/mol. The second-order valence-corrected chi connectivity index (χ2v) is 11.4. The van der Waals surface area contributed by atoms with E-state index in [1.165, 1.54) is 55.9 Å². The second-order valence-electron chi connectivity index (χ2n) is 10.5. The zero-order valence-corrected chi connectivity index (χ0v) is 21.7. The number of thioether (sulfide) groups is 1. The molecule has 35 heavy (non-hydrogen) atoms. The summed E-state index contributed by atoms with van der Waals surface area (Å²) in [6.45, 7) is 5.93. The maximum Gasteiger partial charge on any atom is 0.230 e. The molecular formula is C27H39N5O2S. The van der Waals surface area contributed by atoms with Crippen LogP contribution in [0.4, 0.5) is 5.95 Å². The van der Waals surface area contributed by atoms with Gasteiger partial charge in [0.1, 0.15) is 0 Å². The third kappa shape index (κ3) is 6.20. The molecule has 1 amide bonds. The van der Waals surface area contributed by atoms with Gasteiger partial charge in [0.05, 0.1) is 24.4 Å². The lowest BCUT2D eigenvalue weighted by Crippen LogP contribution is -2.35. The molecule has 3 heterocycles. The number of anilines is 1. The highest BCUT2D eigenvalue weighted by Gasteiger charge is 2.29. The van der Waals surface area contributed by atoms with E-state index in [2.05, 4.69) is 56.2 Å². The molecule has 2 aromatic rings. The van der Waals surface area contributed by atoms with E-state index in [1.807, 2.05) is 6.07 Å². The summed E-state index contributed by atoms with van der Waals surface area (Å²) >= 11 is 1.50. The number of nitrogens with one attached hydrogen (secondary N) is 1. The number of hydrogen-bond donors (Lipinski definition) is 1. The monoisotopic (exact) mass is 497 g/mol. The van der Waals surface area contributed by atoms with Crippen molar-refractivity contribution in [2.45, 2.75) is 82.1 Å². The smallest absolute Gasteiger partial charge is 0.230 e. The van der Waals surface area contributed by atoms with E-state index in [0.717, 1.165) is 56.1 Å². The molecule has 1 aliphatic carbocycles. The van der Waals surface area contributed by atoms with Crippen LogP contribution in [-0.4, -0.2) is 52.2 Å². The summed E-state index contributed by atoms with van der Waals surface area (Å²) < 4.78 is 8.15. The van der Waals surface area contributed by atoms with Crippen molar-refractivity contribution in [1.29, 1.82) is 0 Å². The molecule has 2 aliphatic heterocycles. The molecule has 3 aliphatic rings. The molecule has 0 spiro atoms. The van der Waals surface area contributed by atoms with E-state index in [-0.39, 0.29) is 18.1 Å². The topological polar surface area (TPSA) is 72.3 Å². The highest BCUT2D eigenvalue weighted by Crippen LogP contribution is 2.36.